The number of benzene rings is 1. The number of carbonyl (C=O) groups is 1. The quantitative estimate of drug-likeness (QED) is 0.142. The summed E-state index contributed by atoms with van der Waals surface area (Å²) in [6.07, 6.45) is -0.502. The Labute approximate surface area is 181 Å². The Morgan fingerprint density at radius 2 is 1.87 bits per heavy atom. The monoisotopic (exact) mass is 484 g/mol. The van der Waals surface area contributed by atoms with Crippen LogP contribution in [-0.4, -0.2) is 85.5 Å². The van der Waals surface area contributed by atoms with Gasteiger partial charge in [0.15, 0.2) is 0 Å². The van der Waals surface area contributed by atoms with E-state index in [9.17, 15) is 38.5 Å². The van der Waals surface area contributed by atoms with Gasteiger partial charge in [-0.3, -0.25) is 29.2 Å². The Kier molecular flexibility index (Phi) is 9.99. The molecule has 31 heavy (non-hydrogen) atoms. The molecule has 0 fully saturated rings. The maximum atomic E-state index is 12.4. The fourth-order valence-corrected chi connectivity index (χ4v) is 3.00. The molecule has 174 valence electrons. The molecule has 1 atom stereocenters. The molecule has 0 aliphatic heterocycles. The molecule has 1 aromatic carbocycles. The summed E-state index contributed by atoms with van der Waals surface area (Å²) in [5.74, 6) is -1.06. The van der Waals surface area contributed by atoms with Crippen molar-refractivity contribution in [1.29, 1.82) is 0 Å². The van der Waals surface area contributed by atoms with Crippen molar-refractivity contribution in [2.24, 2.45) is 0 Å². The number of halogens is 1. The van der Waals surface area contributed by atoms with E-state index in [0.717, 1.165) is 12.3 Å². The van der Waals surface area contributed by atoms with Crippen molar-refractivity contribution in [2.75, 3.05) is 49.9 Å². The number of nitrogens with one attached hydrogen (secondary N) is 1. The Hall–Kier alpha value is -2.59. The molecule has 1 aromatic rings. The Balaban J connectivity index is 3.44. The third-order valence-corrected chi connectivity index (χ3v) is 4.56. The normalized spacial score (nSPS) is 12.3. The van der Waals surface area contributed by atoms with Crippen LogP contribution in [0.15, 0.2) is 12.1 Å². The largest absolute Gasteiger partial charge is 0.394 e. The molecule has 3 N–H and O–H groups in total. The standard InChI is InChI=1S/C15H21ClN4O10S/c1-31(28,29)30-5-4-18(3-2-16)13-6-11(15(23)17-8-10(22)9-21)12(19(24)25)7-14(13)20(26)27/h6-7,10,21-22H,2-5,8-9H2,1H3,(H,17,23). The molecule has 0 saturated carbocycles. The lowest BCUT2D eigenvalue weighted by atomic mass is 10.1. The van der Waals surface area contributed by atoms with Crippen molar-refractivity contribution in [2.45, 2.75) is 6.10 Å². The number of nitrogens with zero attached hydrogens (tertiary/aromatic N) is 3. The van der Waals surface area contributed by atoms with Crippen LogP contribution in [0.1, 0.15) is 10.4 Å². The molecule has 0 radical (unpaired) electrons. The Bertz CT molecular complexity index is 927. The maximum absolute atomic E-state index is 12.4. The molecule has 0 aliphatic carbocycles. The third-order valence-electron chi connectivity index (χ3n) is 3.79. The van der Waals surface area contributed by atoms with Crippen LogP contribution < -0.4 is 10.2 Å². The lowest BCUT2D eigenvalue weighted by Crippen LogP contribution is -2.35. The molecular formula is C15H21ClN4O10S. The minimum atomic E-state index is -3.79. The van der Waals surface area contributed by atoms with Gasteiger partial charge in [0.1, 0.15) is 11.3 Å². The highest BCUT2D eigenvalue weighted by molar-refractivity contribution is 7.85. The highest BCUT2D eigenvalue weighted by Crippen LogP contribution is 2.35. The fraction of sp³-hybridized carbons (Fsp3) is 0.533. The van der Waals surface area contributed by atoms with Crippen LogP contribution in [-0.2, 0) is 14.3 Å². The number of aliphatic hydroxyl groups excluding tert-OH is 2. The summed E-state index contributed by atoms with van der Waals surface area (Å²) in [4.78, 5) is 34.7. The van der Waals surface area contributed by atoms with Gasteiger partial charge in [0, 0.05) is 25.5 Å². The summed E-state index contributed by atoms with van der Waals surface area (Å²) < 4.78 is 26.9. The zero-order valence-electron chi connectivity index (χ0n) is 16.3. The van der Waals surface area contributed by atoms with Gasteiger partial charge in [-0.1, -0.05) is 0 Å². The average molecular weight is 485 g/mol. The van der Waals surface area contributed by atoms with Gasteiger partial charge in [-0.25, -0.2) is 0 Å². The number of hydrogen-bond acceptors (Lipinski definition) is 11. The molecule has 1 amide bonds. The molecule has 0 saturated heterocycles. The number of amides is 1. The Morgan fingerprint density at radius 1 is 1.26 bits per heavy atom. The van der Waals surface area contributed by atoms with E-state index < -0.39 is 68.7 Å². The van der Waals surface area contributed by atoms with E-state index in [1.165, 1.54) is 4.90 Å². The zero-order chi connectivity index (χ0) is 23.8. The fourth-order valence-electron chi connectivity index (χ4n) is 2.42. The number of rotatable bonds is 13. The first kappa shape index (κ1) is 26.4. The summed E-state index contributed by atoms with van der Waals surface area (Å²) >= 11 is 5.72. The highest BCUT2D eigenvalue weighted by Gasteiger charge is 2.30. The number of anilines is 1. The number of nitro groups is 2. The summed E-state index contributed by atoms with van der Waals surface area (Å²) in [6, 6.07) is 1.51. The number of nitro benzene ring substituents is 2. The third kappa shape index (κ3) is 8.22. The van der Waals surface area contributed by atoms with Crippen molar-refractivity contribution in [3.05, 3.63) is 37.9 Å². The summed E-state index contributed by atoms with van der Waals surface area (Å²) in [6.45, 7) is -1.71. The average Bonchev–Trinajstić information content (AvgIpc) is 2.68. The van der Waals surface area contributed by atoms with Gasteiger partial charge >= 0.3 is 0 Å². The molecule has 0 aliphatic rings. The van der Waals surface area contributed by atoms with Gasteiger partial charge < -0.3 is 20.4 Å². The second-order valence-electron chi connectivity index (χ2n) is 6.12. The van der Waals surface area contributed by atoms with Gasteiger partial charge in [-0.2, -0.15) is 8.42 Å². The topological polar surface area (TPSA) is 202 Å². The molecule has 0 spiro atoms. The van der Waals surface area contributed by atoms with E-state index in [1.54, 1.807) is 0 Å². The van der Waals surface area contributed by atoms with E-state index in [4.69, 9.17) is 16.7 Å². The van der Waals surface area contributed by atoms with Crippen molar-refractivity contribution in [1.82, 2.24) is 5.32 Å². The first-order valence-electron chi connectivity index (χ1n) is 8.60. The molecular weight excluding hydrogens is 464 g/mol. The van der Waals surface area contributed by atoms with Crippen LogP contribution in [0.2, 0.25) is 0 Å². The van der Waals surface area contributed by atoms with Gasteiger partial charge in [-0.15, -0.1) is 11.6 Å². The van der Waals surface area contributed by atoms with E-state index in [0.29, 0.717) is 6.07 Å². The lowest BCUT2D eigenvalue weighted by molar-refractivity contribution is -0.393. The highest BCUT2D eigenvalue weighted by atomic mass is 35.5. The molecule has 14 nitrogen and oxygen atoms in total. The molecule has 0 aromatic heterocycles. The minimum absolute atomic E-state index is 0.0301. The smallest absolute Gasteiger partial charge is 0.299 e. The van der Waals surface area contributed by atoms with Crippen LogP contribution in [0.5, 0.6) is 0 Å². The van der Waals surface area contributed by atoms with E-state index in [2.05, 4.69) is 9.50 Å². The number of carbonyl (C=O) groups excluding carboxylic acids is 1. The first-order valence-corrected chi connectivity index (χ1v) is 11.0. The zero-order valence-corrected chi connectivity index (χ0v) is 17.8. The SMILES string of the molecule is CS(=O)(=O)OCCN(CCCl)c1cc(C(=O)NCC(O)CO)c([N+](=O)[O-])cc1[N+](=O)[O-]. The van der Waals surface area contributed by atoms with E-state index in [1.807, 2.05) is 0 Å². The summed E-state index contributed by atoms with van der Waals surface area (Å²) in [7, 11) is -3.79. The predicted molar refractivity (Wildman–Crippen MR) is 109 cm³/mol. The van der Waals surface area contributed by atoms with Gasteiger partial charge in [0.05, 0.1) is 41.5 Å². The molecule has 0 bridgehead atoms. The second-order valence-corrected chi connectivity index (χ2v) is 8.14. The number of alkyl halides is 1. The molecule has 0 heterocycles. The van der Waals surface area contributed by atoms with E-state index in [-0.39, 0.29) is 24.7 Å². The van der Waals surface area contributed by atoms with Crippen LogP contribution in [0.3, 0.4) is 0 Å². The predicted octanol–water partition coefficient (Wildman–Crippen LogP) is -0.393. The molecule has 1 unspecified atom stereocenters. The lowest BCUT2D eigenvalue weighted by Gasteiger charge is -2.23. The Morgan fingerprint density at radius 3 is 2.35 bits per heavy atom. The van der Waals surface area contributed by atoms with Crippen LogP contribution >= 0.6 is 11.6 Å². The van der Waals surface area contributed by atoms with Crippen LogP contribution in [0.25, 0.3) is 0 Å². The van der Waals surface area contributed by atoms with E-state index >= 15 is 0 Å². The summed E-state index contributed by atoms with van der Waals surface area (Å²) in [5, 5.41) is 43.2. The maximum Gasteiger partial charge on any atom is 0.299 e. The number of aliphatic hydroxyl groups is 2. The van der Waals surface area contributed by atoms with Crippen molar-refractivity contribution >= 4 is 44.7 Å². The number of hydrogen-bond donors (Lipinski definition) is 3. The van der Waals surface area contributed by atoms with Crippen molar-refractivity contribution in [3.8, 4) is 0 Å². The minimum Gasteiger partial charge on any atom is -0.394 e. The molecule has 16 heteroatoms. The van der Waals surface area contributed by atoms with Gasteiger partial charge in [0.2, 0.25) is 0 Å². The molecule has 1 rings (SSSR count). The van der Waals surface area contributed by atoms with Crippen molar-refractivity contribution < 1.29 is 37.5 Å². The second kappa shape index (κ2) is 11.7. The van der Waals surface area contributed by atoms with Crippen molar-refractivity contribution in [3.63, 3.8) is 0 Å². The van der Waals surface area contributed by atoms with Crippen LogP contribution in [0, 0.1) is 20.2 Å². The first-order chi connectivity index (χ1) is 14.4. The summed E-state index contributed by atoms with van der Waals surface area (Å²) in [5.41, 5.74) is -2.33. The van der Waals surface area contributed by atoms with Crippen LogP contribution in [0.4, 0.5) is 17.1 Å². The van der Waals surface area contributed by atoms with Gasteiger partial charge in [-0.05, 0) is 6.07 Å². The van der Waals surface area contributed by atoms with Gasteiger partial charge in [0.25, 0.3) is 27.4 Å².